The molecule has 3 rings (SSSR count). The fraction of sp³-hybridized carbons (Fsp3) is 0.706. The van der Waals surface area contributed by atoms with Crippen LogP contribution in [0.3, 0.4) is 0 Å². The summed E-state index contributed by atoms with van der Waals surface area (Å²) in [4.78, 5) is 23.1. The van der Waals surface area contributed by atoms with Crippen LogP contribution in [-0.2, 0) is 10.2 Å². The Labute approximate surface area is 137 Å². The zero-order valence-corrected chi connectivity index (χ0v) is 14.6. The Morgan fingerprint density at radius 2 is 2.00 bits per heavy atom. The topological polar surface area (TPSA) is 67.4 Å². The molecule has 6 nitrogen and oxygen atoms in total. The number of carbonyl (C=O) groups excluding carboxylic acids is 1. The Balaban J connectivity index is 1.83. The van der Waals surface area contributed by atoms with Gasteiger partial charge in [-0.15, -0.1) is 0 Å². The number of hydrogen-bond donors (Lipinski definition) is 1. The first kappa shape index (κ1) is 16.0. The van der Waals surface area contributed by atoms with Crippen LogP contribution >= 0.6 is 0 Å². The molecular formula is C17H26N4O2. The minimum Gasteiger partial charge on any atom is -0.439 e. The van der Waals surface area contributed by atoms with Gasteiger partial charge in [-0.1, -0.05) is 34.6 Å². The van der Waals surface area contributed by atoms with Gasteiger partial charge in [0.05, 0.1) is 18.8 Å². The van der Waals surface area contributed by atoms with Crippen molar-refractivity contribution >= 4 is 11.9 Å². The van der Waals surface area contributed by atoms with Crippen molar-refractivity contribution < 1.29 is 9.53 Å². The monoisotopic (exact) mass is 318 g/mol. The van der Waals surface area contributed by atoms with Crippen LogP contribution in [0.2, 0.25) is 0 Å². The third kappa shape index (κ3) is 3.12. The van der Waals surface area contributed by atoms with E-state index in [4.69, 9.17) is 14.7 Å². The second-order valence-corrected chi connectivity index (χ2v) is 7.98. The highest BCUT2D eigenvalue weighted by atomic mass is 16.6. The Morgan fingerprint density at radius 1 is 1.30 bits per heavy atom. The van der Waals surface area contributed by atoms with Crippen LogP contribution < -0.4 is 10.2 Å². The molecular weight excluding hydrogens is 292 g/mol. The molecule has 126 valence electrons. The molecule has 2 fully saturated rings. The van der Waals surface area contributed by atoms with Gasteiger partial charge < -0.3 is 15.0 Å². The molecule has 0 aliphatic carbocycles. The van der Waals surface area contributed by atoms with E-state index in [0.717, 1.165) is 23.8 Å². The Morgan fingerprint density at radius 3 is 2.57 bits per heavy atom. The zero-order valence-electron chi connectivity index (χ0n) is 14.6. The number of ether oxygens (including phenoxy) is 1. The van der Waals surface area contributed by atoms with Crippen LogP contribution in [0.15, 0.2) is 6.07 Å². The lowest BCUT2D eigenvalue weighted by atomic mass is 9.88. The van der Waals surface area contributed by atoms with Gasteiger partial charge in [-0.3, -0.25) is 0 Å². The largest absolute Gasteiger partial charge is 0.439 e. The number of anilines is 1. The summed E-state index contributed by atoms with van der Waals surface area (Å²) in [6.45, 7) is 12.8. The van der Waals surface area contributed by atoms with E-state index >= 15 is 0 Å². The van der Waals surface area contributed by atoms with E-state index in [1.165, 1.54) is 0 Å². The molecule has 0 unspecified atom stereocenters. The van der Waals surface area contributed by atoms with Gasteiger partial charge in [0, 0.05) is 30.4 Å². The molecule has 1 amide bonds. The van der Waals surface area contributed by atoms with Gasteiger partial charge in [0.15, 0.2) is 5.60 Å². The number of aromatic nitrogens is 2. The fourth-order valence-corrected chi connectivity index (χ4v) is 2.97. The molecule has 1 aromatic heterocycles. The van der Waals surface area contributed by atoms with Gasteiger partial charge in [-0.2, -0.15) is 0 Å². The number of carbonyl (C=O) groups is 1. The van der Waals surface area contributed by atoms with Gasteiger partial charge in [0.2, 0.25) is 0 Å². The quantitative estimate of drug-likeness (QED) is 0.908. The third-order valence-corrected chi connectivity index (χ3v) is 4.46. The van der Waals surface area contributed by atoms with Crippen molar-refractivity contribution in [2.75, 3.05) is 24.5 Å². The van der Waals surface area contributed by atoms with Crippen molar-refractivity contribution in [1.82, 2.24) is 15.3 Å². The SMILES string of the molecule is CC(C)c1nc(N2CC3(CCNC(=O)O3)C2)cc(C(C)(C)C)n1. The molecule has 0 radical (unpaired) electrons. The van der Waals surface area contributed by atoms with Crippen molar-refractivity contribution in [3.63, 3.8) is 0 Å². The molecule has 2 saturated heterocycles. The summed E-state index contributed by atoms with van der Waals surface area (Å²) in [7, 11) is 0. The molecule has 2 aliphatic heterocycles. The highest BCUT2D eigenvalue weighted by Crippen LogP contribution is 2.35. The van der Waals surface area contributed by atoms with Crippen LogP contribution in [0, 0.1) is 0 Å². The first-order chi connectivity index (χ1) is 10.7. The first-order valence-electron chi connectivity index (χ1n) is 8.30. The number of hydrogen-bond acceptors (Lipinski definition) is 5. The summed E-state index contributed by atoms with van der Waals surface area (Å²) < 4.78 is 5.50. The molecule has 2 aliphatic rings. The summed E-state index contributed by atoms with van der Waals surface area (Å²) in [5, 5.41) is 2.71. The van der Waals surface area contributed by atoms with Crippen LogP contribution in [0.4, 0.5) is 10.6 Å². The minimum absolute atomic E-state index is 0.0227. The lowest BCUT2D eigenvalue weighted by Gasteiger charge is -2.51. The second kappa shape index (κ2) is 5.35. The van der Waals surface area contributed by atoms with E-state index in [-0.39, 0.29) is 23.0 Å². The molecule has 3 heterocycles. The van der Waals surface area contributed by atoms with Gasteiger partial charge in [0.25, 0.3) is 0 Å². The summed E-state index contributed by atoms with van der Waals surface area (Å²) >= 11 is 0. The number of nitrogens with zero attached hydrogens (tertiary/aromatic N) is 3. The second-order valence-electron chi connectivity index (χ2n) is 7.98. The molecule has 1 spiro atoms. The summed E-state index contributed by atoms with van der Waals surface area (Å²) in [5.41, 5.74) is 0.688. The smallest absolute Gasteiger partial charge is 0.407 e. The molecule has 23 heavy (non-hydrogen) atoms. The third-order valence-electron chi connectivity index (χ3n) is 4.46. The lowest BCUT2D eigenvalue weighted by molar-refractivity contribution is -0.0328. The average Bonchev–Trinajstić information content (AvgIpc) is 2.43. The maximum Gasteiger partial charge on any atom is 0.407 e. The lowest BCUT2D eigenvalue weighted by Crippen LogP contribution is -2.67. The van der Waals surface area contributed by atoms with E-state index < -0.39 is 0 Å². The average molecular weight is 318 g/mol. The highest BCUT2D eigenvalue weighted by molar-refractivity contribution is 5.69. The Kier molecular flexibility index (Phi) is 3.73. The van der Waals surface area contributed by atoms with E-state index in [1.54, 1.807) is 0 Å². The summed E-state index contributed by atoms with van der Waals surface area (Å²) in [5.74, 6) is 2.09. The number of nitrogens with one attached hydrogen (secondary N) is 1. The predicted molar refractivity (Wildman–Crippen MR) is 88.9 cm³/mol. The molecule has 6 heteroatoms. The van der Waals surface area contributed by atoms with Crippen LogP contribution in [0.5, 0.6) is 0 Å². The van der Waals surface area contributed by atoms with Gasteiger partial charge in [0.1, 0.15) is 11.6 Å². The van der Waals surface area contributed by atoms with Crippen molar-refractivity contribution in [3.05, 3.63) is 17.6 Å². The number of alkyl carbamates (subject to hydrolysis) is 1. The highest BCUT2D eigenvalue weighted by Gasteiger charge is 2.49. The molecule has 0 aromatic carbocycles. The fourth-order valence-electron chi connectivity index (χ4n) is 2.97. The van der Waals surface area contributed by atoms with Gasteiger partial charge >= 0.3 is 6.09 Å². The number of amides is 1. The zero-order chi connectivity index (χ0) is 16.8. The van der Waals surface area contributed by atoms with Crippen molar-refractivity contribution in [2.45, 2.75) is 58.0 Å². The standard InChI is InChI=1S/C17H26N4O2/c1-11(2)14-19-12(16(3,4)5)8-13(20-14)21-9-17(10-21)6-7-18-15(22)23-17/h8,11H,6-7,9-10H2,1-5H3,(H,18,22). The predicted octanol–water partition coefficient (Wildman–Crippen LogP) is 2.59. The molecule has 1 aromatic rings. The maximum absolute atomic E-state index is 11.5. The minimum atomic E-state index is -0.340. The van der Waals surface area contributed by atoms with Gasteiger partial charge in [-0.25, -0.2) is 14.8 Å². The maximum atomic E-state index is 11.5. The van der Waals surface area contributed by atoms with Crippen LogP contribution in [0.25, 0.3) is 0 Å². The van der Waals surface area contributed by atoms with E-state index in [1.807, 2.05) is 0 Å². The van der Waals surface area contributed by atoms with Crippen molar-refractivity contribution in [3.8, 4) is 0 Å². The molecule has 0 atom stereocenters. The normalized spacial score (nSPS) is 20.3. The van der Waals surface area contributed by atoms with E-state index in [0.29, 0.717) is 19.6 Å². The first-order valence-corrected chi connectivity index (χ1v) is 8.30. The Bertz CT molecular complexity index is 616. The van der Waals surface area contributed by atoms with Crippen LogP contribution in [-0.4, -0.2) is 41.3 Å². The molecule has 0 bridgehead atoms. The van der Waals surface area contributed by atoms with E-state index in [9.17, 15) is 4.79 Å². The van der Waals surface area contributed by atoms with Gasteiger partial charge in [-0.05, 0) is 0 Å². The summed E-state index contributed by atoms with van der Waals surface area (Å²) in [6, 6.07) is 2.07. The summed E-state index contributed by atoms with van der Waals surface area (Å²) in [6.07, 6.45) is 0.542. The van der Waals surface area contributed by atoms with Crippen molar-refractivity contribution in [2.24, 2.45) is 0 Å². The number of rotatable bonds is 2. The Hall–Kier alpha value is -1.85. The van der Waals surface area contributed by atoms with Crippen LogP contribution in [0.1, 0.15) is 58.5 Å². The molecule has 0 saturated carbocycles. The van der Waals surface area contributed by atoms with Crippen molar-refractivity contribution in [1.29, 1.82) is 0 Å². The van der Waals surface area contributed by atoms with E-state index in [2.05, 4.69) is 50.9 Å². The molecule has 1 N–H and O–H groups in total.